The minimum atomic E-state index is -0.379. The van der Waals surface area contributed by atoms with Crippen LogP contribution in [-0.2, 0) is 11.8 Å². The van der Waals surface area contributed by atoms with Crippen LogP contribution in [0, 0.1) is 0 Å². The third-order valence-corrected chi connectivity index (χ3v) is 4.42. The molecule has 27 heavy (non-hydrogen) atoms. The fourth-order valence-electron chi connectivity index (χ4n) is 2.88. The summed E-state index contributed by atoms with van der Waals surface area (Å²) in [5.74, 6) is 0.0603. The zero-order valence-corrected chi connectivity index (χ0v) is 16.4. The molecule has 0 amide bonds. The average Bonchev–Trinajstić information content (AvgIpc) is 3.04. The number of carbonyl (C=O) groups is 1. The molecule has 2 aromatic carbocycles. The van der Waals surface area contributed by atoms with Crippen LogP contribution in [0.3, 0.4) is 0 Å². The summed E-state index contributed by atoms with van der Waals surface area (Å²) >= 11 is 0. The van der Waals surface area contributed by atoms with Crippen molar-refractivity contribution in [2.24, 2.45) is 0 Å². The second-order valence-corrected chi connectivity index (χ2v) is 7.69. The first kappa shape index (κ1) is 18.9. The Labute approximate surface area is 160 Å². The molecule has 0 radical (unpaired) electrons. The van der Waals surface area contributed by atoms with E-state index in [4.69, 9.17) is 4.74 Å². The van der Waals surface area contributed by atoms with Crippen molar-refractivity contribution in [3.05, 3.63) is 77.5 Å². The number of benzene rings is 2. The molecule has 0 aliphatic rings. The van der Waals surface area contributed by atoms with E-state index < -0.39 is 0 Å². The van der Waals surface area contributed by atoms with Gasteiger partial charge in [-0.2, -0.15) is 5.10 Å². The Morgan fingerprint density at radius 3 is 2.30 bits per heavy atom. The Morgan fingerprint density at radius 2 is 1.70 bits per heavy atom. The molecule has 0 aliphatic heterocycles. The van der Waals surface area contributed by atoms with Crippen LogP contribution in [0.2, 0.25) is 0 Å². The maximum Gasteiger partial charge on any atom is 0.344 e. The lowest BCUT2D eigenvalue weighted by Crippen LogP contribution is -2.14. The summed E-state index contributed by atoms with van der Waals surface area (Å²) in [6, 6.07) is 19.1. The van der Waals surface area contributed by atoms with Crippen molar-refractivity contribution in [3.8, 4) is 11.6 Å². The molecule has 1 aromatic heterocycles. The lowest BCUT2D eigenvalue weighted by molar-refractivity contribution is 0.0723. The SMILES string of the molecule is CCCc1cc(OC(=O)c2ccc(C(C)(C)C)cc2)n(-c2ccccc2)n1. The fraction of sp³-hybridized carbons (Fsp3) is 0.304. The molecule has 0 bridgehead atoms. The quantitative estimate of drug-likeness (QED) is 0.575. The Balaban J connectivity index is 1.87. The third kappa shape index (κ3) is 4.45. The Bertz CT molecular complexity index is 904. The number of aromatic nitrogens is 2. The number of nitrogens with zero attached hydrogens (tertiary/aromatic N) is 2. The normalized spacial score (nSPS) is 11.4. The molecular formula is C23H26N2O2. The summed E-state index contributed by atoms with van der Waals surface area (Å²) in [6.45, 7) is 8.54. The van der Waals surface area contributed by atoms with Crippen LogP contribution < -0.4 is 4.74 Å². The van der Waals surface area contributed by atoms with Gasteiger partial charge in [0.1, 0.15) is 0 Å². The predicted octanol–water partition coefficient (Wildman–Crippen LogP) is 5.34. The third-order valence-electron chi connectivity index (χ3n) is 4.42. The van der Waals surface area contributed by atoms with Crippen LogP contribution in [0.1, 0.15) is 55.7 Å². The summed E-state index contributed by atoms with van der Waals surface area (Å²) in [6.07, 6.45) is 1.82. The fourth-order valence-corrected chi connectivity index (χ4v) is 2.88. The minimum absolute atomic E-state index is 0.0451. The number of ether oxygens (including phenoxy) is 1. The van der Waals surface area contributed by atoms with Crippen LogP contribution in [0.5, 0.6) is 5.88 Å². The second-order valence-electron chi connectivity index (χ2n) is 7.69. The molecular weight excluding hydrogens is 336 g/mol. The van der Waals surface area contributed by atoms with E-state index in [9.17, 15) is 4.79 Å². The van der Waals surface area contributed by atoms with E-state index >= 15 is 0 Å². The number of carbonyl (C=O) groups excluding carboxylic acids is 1. The van der Waals surface area contributed by atoms with E-state index in [1.807, 2.05) is 60.7 Å². The number of esters is 1. The molecule has 3 aromatic rings. The first-order valence-corrected chi connectivity index (χ1v) is 9.35. The molecule has 140 valence electrons. The lowest BCUT2D eigenvalue weighted by atomic mass is 9.87. The zero-order chi connectivity index (χ0) is 19.4. The van der Waals surface area contributed by atoms with E-state index in [1.54, 1.807) is 4.68 Å². The standard InChI is InChI=1S/C23H26N2O2/c1-5-9-19-16-21(25(24-19)20-10-7-6-8-11-20)27-22(26)17-12-14-18(15-13-17)23(2,3)4/h6-8,10-16H,5,9H2,1-4H3. The van der Waals surface area contributed by atoms with E-state index in [0.717, 1.165) is 24.2 Å². The van der Waals surface area contributed by atoms with Gasteiger partial charge >= 0.3 is 5.97 Å². The highest BCUT2D eigenvalue weighted by atomic mass is 16.5. The second kappa shape index (κ2) is 7.78. The van der Waals surface area contributed by atoms with Gasteiger partial charge in [0.15, 0.2) is 0 Å². The lowest BCUT2D eigenvalue weighted by Gasteiger charge is -2.18. The molecule has 1 heterocycles. The average molecular weight is 362 g/mol. The van der Waals surface area contributed by atoms with E-state index in [1.165, 1.54) is 5.56 Å². The summed E-state index contributed by atoms with van der Waals surface area (Å²) in [7, 11) is 0. The van der Waals surface area contributed by atoms with Gasteiger partial charge < -0.3 is 4.74 Å². The maximum absolute atomic E-state index is 12.7. The van der Waals surface area contributed by atoms with E-state index in [-0.39, 0.29) is 11.4 Å². The van der Waals surface area contributed by atoms with Crippen molar-refractivity contribution in [1.82, 2.24) is 9.78 Å². The summed E-state index contributed by atoms with van der Waals surface area (Å²) in [5, 5.41) is 4.60. The predicted molar refractivity (Wildman–Crippen MR) is 108 cm³/mol. The van der Waals surface area contributed by atoms with Gasteiger partial charge in [-0.05, 0) is 41.7 Å². The van der Waals surface area contributed by atoms with Crippen molar-refractivity contribution in [3.63, 3.8) is 0 Å². The monoisotopic (exact) mass is 362 g/mol. The molecule has 0 saturated heterocycles. The van der Waals surface area contributed by atoms with E-state index in [0.29, 0.717) is 11.4 Å². The first-order valence-electron chi connectivity index (χ1n) is 9.35. The largest absolute Gasteiger partial charge is 0.404 e. The Morgan fingerprint density at radius 1 is 1.04 bits per heavy atom. The number of para-hydroxylation sites is 1. The maximum atomic E-state index is 12.7. The van der Waals surface area contributed by atoms with Gasteiger partial charge in [-0.15, -0.1) is 0 Å². The van der Waals surface area contributed by atoms with Gasteiger partial charge in [-0.3, -0.25) is 0 Å². The van der Waals surface area contributed by atoms with Crippen LogP contribution >= 0.6 is 0 Å². The Kier molecular flexibility index (Phi) is 5.45. The minimum Gasteiger partial charge on any atom is -0.404 e. The van der Waals surface area contributed by atoms with Gasteiger partial charge in [-0.1, -0.05) is 64.4 Å². The van der Waals surface area contributed by atoms with Crippen LogP contribution in [-0.4, -0.2) is 15.7 Å². The van der Waals surface area contributed by atoms with Crippen molar-refractivity contribution in [2.45, 2.75) is 46.0 Å². The molecule has 3 rings (SSSR count). The van der Waals surface area contributed by atoms with Crippen LogP contribution in [0.15, 0.2) is 60.7 Å². The molecule has 0 atom stereocenters. The van der Waals surface area contributed by atoms with Crippen LogP contribution in [0.4, 0.5) is 0 Å². The highest BCUT2D eigenvalue weighted by Gasteiger charge is 2.18. The highest BCUT2D eigenvalue weighted by molar-refractivity contribution is 5.91. The molecule has 0 saturated carbocycles. The topological polar surface area (TPSA) is 44.1 Å². The number of aryl methyl sites for hydroxylation is 1. The van der Waals surface area contributed by atoms with Gasteiger partial charge in [-0.25, -0.2) is 9.48 Å². The smallest absolute Gasteiger partial charge is 0.344 e. The first-order chi connectivity index (χ1) is 12.9. The zero-order valence-electron chi connectivity index (χ0n) is 16.4. The summed E-state index contributed by atoms with van der Waals surface area (Å²) in [4.78, 5) is 12.7. The van der Waals surface area contributed by atoms with E-state index in [2.05, 4.69) is 32.8 Å². The van der Waals surface area contributed by atoms with Crippen molar-refractivity contribution < 1.29 is 9.53 Å². The van der Waals surface area contributed by atoms with Gasteiger partial charge in [0, 0.05) is 6.07 Å². The molecule has 4 nitrogen and oxygen atoms in total. The molecule has 0 spiro atoms. The molecule has 0 unspecified atom stereocenters. The molecule has 4 heteroatoms. The van der Waals surface area contributed by atoms with Crippen molar-refractivity contribution >= 4 is 5.97 Å². The summed E-state index contributed by atoms with van der Waals surface area (Å²) < 4.78 is 7.39. The number of hydrogen-bond donors (Lipinski definition) is 0. The number of hydrogen-bond acceptors (Lipinski definition) is 3. The van der Waals surface area contributed by atoms with Gasteiger partial charge in [0.05, 0.1) is 16.9 Å². The van der Waals surface area contributed by atoms with Gasteiger partial charge in [0.25, 0.3) is 0 Å². The molecule has 0 N–H and O–H groups in total. The van der Waals surface area contributed by atoms with Crippen molar-refractivity contribution in [1.29, 1.82) is 0 Å². The summed E-state index contributed by atoms with van der Waals surface area (Å²) in [5.41, 5.74) is 3.53. The van der Waals surface area contributed by atoms with Crippen LogP contribution in [0.25, 0.3) is 5.69 Å². The number of rotatable bonds is 5. The molecule has 0 fully saturated rings. The molecule has 0 aliphatic carbocycles. The van der Waals surface area contributed by atoms with Crippen molar-refractivity contribution in [2.75, 3.05) is 0 Å². The highest BCUT2D eigenvalue weighted by Crippen LogP contribution is 2.24. The Hall–Kier alpha value is -2.88. The van der Waals surface area contributed by atoms with Gasteiger partial charge in [0.2, 0.25) is 5.88 Å².